The Bertz CT molecular complexity index is 800. The van der Waals surface area contributed by atoms with Gasteiger partial charge in [-0.2, -0.15) is 0 Å². The maximum absolute atomic E-state index is 12.2. The average molecular weight is 345 g/mol. The molecule has 0 bridgehead atoms. The van der Waals surface area contributed by atoms with E-state index in [1.165, 1.54) is 12.1 Å². The van der Waals surface area contributed by atoms with E-state index in [4.69, 9.17) is 14.3 Å². The zero-order valence-corrected chi connectivity index (χ0v) is 14.2. The van der Waals surface area contributed by atoms with E-state index in [-0.39, 0.29) is 17.9 Å². The fourth-order valence-corrected chi connectivity index (χ4v) is 2.09. The Morgan fingerprint density at radius 1 is 1.08 bits per heavy atom. The Kier molecular flexibility index (Phi) is 5.26. The summed E-state index contributed by atoms with van der Waals surface area (Å²) in [4.78, 5) is 35.0. The topological polar surface area (TPSA) is 106 Å². The van der Waals surface area contributed by atoms with Gasteiger partial charge in [0.15, 0.2) is 5.76 Å². The Balaban J connectivity index is 2.13. The molecule has 0 spiro atoms. The minimum absolute atomic E-state index is 0.00768. The van der Waals surface area contributed by atoms with Gasteiger partial charge in [-0.15, -0.1) is 0 Å². The van der Waals surface area contributed by atoms with Gasteiger partial charge in [0.1, 0.15) is 5.60 Å². The number of furan rings is 1. The van der Waals surface area contributed by atoms with Gasteiger partial charge in [-0.1, -0.05) is 18.2 Å². The molecule has 0 radical (unpaired) electrons. The second-order valence-corrected chi connectivity index (χ2v) is 6.34. The van der Waals surface area contributed by atoms with Crippen molar-refractivity contribution in [2.75, 3.05) is 5.32 Å². The highest BCUT2D eigenvalue weighted by molar-refractivity contribution is 6.03. The lowest BCUT2D eigenvalue weighted by Gasteiger charge is -2.20. The average Bonchev–Trinajstić information content (AvgIpc) is 2.97. The van der Waals surface area contributed by atoms with Crippen LogP contribution in [0.2, 0.25) is 0 Å². The van der Waals surface area contributed by atoms with Gasteiger partial charge in [0.05, 0.1) is 6.42 Å². The smallest absolute Gasteiger partial charge is 0.371 e. The van der Waals surface area contributed by atoms with Crippen LogP contribution >= 0.6 is 0 Å². The van der Waals surface area contributed by atoms with E-state index < -0.39 is 23.4 Å². The van der Waals surface area contributed by atoms with Crippen LogP contribution in [0.1, 0.15) is 47.4 Å². The summed E-state index contributed by atoms with van der Waals surface area (Å²) >= 11 is 0. The van der Waals surface area contributed by atoms with E-state index in [9.17, 15) is 14.4 Å². The maximum Gasteiger partial charge on any atom is 0.371 e. The van der Waals surface area contributed by atoms with Crippen molar-refractivity contribution >= 4 is 23.5 Å². The summed E-state index contributed by atoms with van der Waals surface area (Å²) in [6, 6.07) is 9.26. The van der Waals surface area contributed by atoms with Crippen molar-refractivity contribution < 1.29 is 28.6 Å². The first kappa shape index (κ1) is 18.3. The zero-order valence-electron chi connectivity index (χ0n) is 14.2. The highest BCUT2D eigenvalue weighted by Crippen LogP contribution is 2.19. The first-order valence-corrected chi connectivity index (χ1v) is 7.60. The molecule has 25 heavy (non-hydrogen) atoms. The molecule has 0 aliphatic heterocycles. The van der Waals surface area contributed by atoms with Crippen LogP contribution in [-0.4, -0.2) is 28.6 Å². The fourth-order valence-electron chi connectivity index (χ4n) is 2.09. The van der Waals surface area contributed by atoms with Crippen LogP contribution in [0.25, 0.3) is 0 Å². The molecule has 0 unspecified atom stereocenters. The molecule has 0 aliphatic rings. The van der Waals surface area contributed by atoms with Gasteiger partial charge in [0.2, 0.25) is 5.76 Å². The molecule has 2 aromatic rings. The maximum atomic E-state index is 12.2. The minimum atomic E-state index is -1.26. The third-order valence-electron chi connectivity index (χ3n) is 3.06. The van der Waals surface area contributed by atoms with Crippen molar-refractivity contribution in [1.29, 1.82) is 0 Å². The third kappa shape index (κ3) is 5.20. The molecule has 0 fully saturated rings. The summed E-state index contributed by atoms with van der Waals surface area (Å²) in [7, 11) is 0. The summed E-state index contributed by atoms with van der Waals surface area (Å²) in [5.74, 6) is -2.74. The van der Waals surface area contributed by atoms with Crippen molar-refractivity contribution in [3.8, 4) is 0 Å². The van der Waals surface area contributed by atoms with E-state index >= 15 is 0 Å². The summed E-state index contributed by atoms with van der Waals surface area (Å²) in [5, 5.41) is 11.4. The molecule has 1 aromatic heterocycles. The van der Waals surface area contributed by atoms with Crippen molar-refractivity contribution in [3.63, 3.8) is 0 Å². The Hall–Kier alpha value is -3.09. The predicted molar refractivity (Wildman–Crippen MR) is 89.6 cm³/mol. The lowest BCUT2D eigenvalue weighted by atomic mass is 10.1. The first-order valence-electron chi connectivity index (χ1n) is 7.60. The number of rotatable bonds is 5. The molecule has 0 saturated carbocycles. The van der Waals surface area contributed by atoms with E-state index in [0.29, 0.717) is 11.3 Å². The van der Waals surface area contributed by atoms with Gasteiger partial charge < -0.3 is 19.6 Å². The van der Waals surface area contributed by atoms with Crippen LogP contribution in [0.3, 0.4) is 0 Å². The highest BCUT2D eigenvalue weighted by Gasteiger charge is 2.19. The van der Waals surface area contributed by atoms with E-state index in [1.54, 1.807) is 45.0 Å². The van der Waals surface area contributed by atoms with E-state index in [2.05, 4.69) is 5.32 Å². The van der Waals surface area contributed by atoms with Crippen LogP contribution in [0.4, 0.5) is 5.69 Å². The number of aromatic carboxylic acids is 1. The number of carbonyl (C=O) groups excluding carboxylic acids is 2. The van der Waals surface area contributed by atoms with Crippen molar-refractivity contribution in [1.82, 2.24) is 0 Å². The lowest BCUT2D eigenvalue weighted by Crippen LogP contribution is -2.25. The van der Waals surface area contributed by atoms with Crippen molar-refractivity contribution in [2.24, 2.45) is 0 Å². The molecule has 2 N–H and O–H groups in total. The largest absolute Gasteiger partial charge is 0.475 e. The number of carboxylic acids is 1. The standard InChI is InChI=1S/C18H19NO6/c1-18(2,3)25-15(20)10-11-6-4-5-7-12(11)19-16(21)13-8-9-14(24-13)17(22)23/h4-9H,10H2,1-3H3,(H,19,21)(H,22,23). The molecule has 7 heteroatoms. The van der Waals surface area contributed by atoms with Gasteiger partial charge in [-0.25, -0.2) is 4.79 Å². The van der Waals surface area contributed by atoms with Crippen LogP contribution < -0.4 is 5.32 Å². The number of amides is 1. The number of carboxylic acid groups (broad SMARTS) is 1. The van der Waals surface area contributed by atoms with Crippen molar-refractivity contribution in [3.05, 3.63) is 53.5 Å². The summed E-state index contributed by atoms with van der Waals surface area (Å²) in [5.41, 5.74) is 0.401. The van der Waals surface area contributed by atoms with Crippen LogP contribution in [0.5, 0.6) is 0 Å². The van der Waals surface area contributed by atoms with E-state index in [0.717, 1.165) is 0 Å². The van der Waals surface area contributed by atoms with Gasteiger partial charge in [0.25, 0.3) is 5.91 Å². The normalized spacial score (nSPS) is 11.0. The Labute approximate surface area is 144 Å². The van der Waals surface area contributed by atoms with E-state index in [1.807, 2.05) is 0 Å². The van der Waals surface area contributed by atoms with Crippen LogP contribution in [0.15, 0.2) is 40.8 Å². The molecule has 1 aromatic carbocycles. The molecular weight excluding hydrogens is 326 g/mol. The number of esters is 1. The molecule has 1 amide bonds. The Morgan fingerprint density at radius 3 is 2.32 bits per heavy atom. The number of ether oxygens (including phenoxy) is 1. The molecule has 0 atom stereocenters. The number of para-hydroxylation sites is 1. The molecule has 0 saturated heterocycles. The van der Waals surface area contributed by atoms with Crippen molar-refractivity contribution in [2.45, 2.75) is 32.8 Å². The molecule has 132 valence electrons. The second kappa shape index (κ2) is 7.21. The number of hydrogen-bond donors (Lipinski definition) is 2. The third-order valence-corrected chi connectivity index (χ3v) is 3.06. The molecule has 7 nitrogen and oxygen atoms in total. The molecule has 1 heterocycles. The van der Waals surface area contributed by atoms with Gasteiger partial charge in [-0.3, -0.25) is 9.59 Å². The van der Waals surface area contributed by atoms with Gasteiger partial charge in [0, 0.05) is 5.69 Å². The number of carbonyl (C=O) groups is 3. The number of nitrogens with one attached hydrogen (secondary N) is 1. The van der Waals surface area contributed by atoms with Gasteiger partial charge in [-0.05, 0) is 44.5 Å². The van der Waals surface area contributed by atoms with Crippen LogP contribution in [-0.2, 0) is 16.0 Å². The van der Waals surface area contributed by atoms with Gasteiger partial charge >= 0.3 is 11.9 Å². The molecule has 0 aliphatic carbocycles. The second-order valence-electron chi connectivity index (χ2n) is 6.34. The fraction of sp³-hybridized carbons (Fsp3) is 0.278. The number of anilines is 1. The summed E-state index contributed by atoms with van der Waals surface area (Å²) < 4.78 is 10.2. The SMILES string of the molecule is CC(C)(C)OC(=O)Cc1ccccc1NC(=O)c1ccc(C(=O)O)o1. The zero-order chi connectivity index (χ0) is 18.6. The minimum Gasteiger partial charge on any atom is -0.475 e. The summed E-state index contributed by atoms with van der Waals surface area (Å²) in [6.07, 6.45) is -0.00768. The molecular formula is C18H19NO6. The molecule has 2 rings (SSSR count). The summed E-state index contributed by atoms with van der Waals surface area (Å²) in [6.45, 7) is 5.32. The lowest BCUT2D eigenvalue weighted by molar-refractivity contribution is -0.153. The number of hydrogen-bond acceptors (Lipinski definition) is 5. The first-order chi connectivity index (χ1) is 11.7. The monoisotopic (exact) mass is 345 g/mol. The highest BCUT2D eigenvalue weighted by atomic mass is 16.6. The predicted octanol–water partition coefficient (Wildman–Crippen LogP) is 3.11. The number of benzene rings is 1. The quantitative estimate of drug-likeness (QED) is 0.807. The van der Waals surface area contributed by atoms with Crippen LogP contribution in [0, 0.1) is 0 Å². The Morgan fingerprint density at radius 2 is 1.72 bits per heavy atom.